The van der Waals surface area contributed by atoms with Crippen LogP contribution in [0.1, 0.15) is 5.56 Å². The maximum Gasteiger partial charge on any atom is 0.118 e. The van der Waals surface area contributed by atoms with Gasteiger partial charge in [0, 0.05) is 0 Å². The van der Waals surface area contributed by atoms with Crippen molar-refractivity contribution in [2.45, 2.75) is 6.92 Å². The lowest BCUT2D eigenvalue weighted by atomic mass is 10.2. The molecule has 1 nitrogen and oxygen atoms in total. The number of ether oxygens (including phenoxy) is 1. The number of hydrogen-bond donors (Lipinski definition) is 0. The van der Waals surface area contributed by atoms with Crippen LogP contribution in [-0.2, 0) is 0 Å². The maximum absolute atomic E-state index is 4.91. The molecule has 0 aromatic heterocycles. The molecule has 0 amide bonds. The highest BCUT2D eigenvalue weighted by atomic mass is 16.5. The molecule has 1 heteroatoms. The van der Waals surface area contributed by atoms with Crippen molar-refractivity contribution in [2.24, 2.45) is 0 Å². The van der Waals surface area contributed by atoms with Crippen molar-refractivity contribution in [2.75, 3.05) is 7.11 Å². The zero-order chi connectivity index (χ0) is 10.9. The third-order valence-corrected chi connectivity index (χ3v) is 1.92. The van der Waals surface area contributed by atoms with E-state index in [1.165, 1.54) is 5.56 Å². The predicted octanol–water partition coefficient (Wildman–Crippen LogP) is 3.69. The minimum atomic E-state index is 0.910. The van der Waals surface area contributed by atoms with E-state index in [1.54, 1.807) is 7.11 Å². The van der Waals surface area contributed by atoms with Crippen molar-refractivity contribution in [3.63, 3.8) is 0 Å². The van der Waals surface area contributed by atoms with Gasteiger partial charge in [-0.2, -0.15) is 0 Å². The van der Waals surface area contributed by atoms with Crippen molar-refractivity contribution in [1.82, 2.24) is 0 Å². The molecule has 2 aromatic carbocycles. The van der Waals surface area contributed by atoms with Crippen molar-refractivity contribution in [1.29, 1.82) is 0 Å². The Labute approximate surface area is 91.3 Å². The molecule has 0 aliphatic carbocycles. The zero-order valence-corrected chi connectivity index (χ0v) is 9.18. The molecule has 0 fully saturated rings. The monoisotopic (exact) mass is 200 g/mol. The van der Waals surface area contributed by atoms with Crippen LogP contribution in [-0.4, -0.2) is 7.11 Å². The number of hydrogen-bond acceptors (Lipinski definition) is 1. The normalized spacial score (nSPS) is 8.67. The number of rotatable bonds is 1. The molecule has 0 aliphatic rings. The molecule has 0 bridgehead atoms. The fourth-order valence-corrected chi connectivity index (χ4v) is 1.09. The number of benzene rings is 2. The van der Waals surface area contributed by atoms with Gasteiger partial charge in [-0.15, -0.1) is 0 Å². The Morgan fingerprint density at radius 1 is 0.733 bits per heavy atom. The molecule has 0 spiro atoms. The fourth-order valence-electron chi connectivity index (χ4n) is 1.09. The van der Waals surface area contributed by atoms with Crippen molar-refractivity contribution < 1.29 is 4.74 Å². The van der Waals surface area contributed by atoms with Crippen LogP contribution in [0.15, 0.2) is 60.7 Å². The van der Waals surface area contributed by atoms with Gasteiger partial charge in [0.25, 0.3) is 0 Å². The Hall–Kier alpha value is -1.76. The molecule has 2 aromatic rings. The van der Waals surface area contributed by atoms with E-state index >= 15 is 0 Å². The lowest BCUT2D eigenvalue weighted by Gasteiger charge is -1.93. The molecule has 0 heterocycles. The maximum atomic E-state index is 4.91. The molecule has 0 unspecified atom stereocenters. The Morgan fingerprint density at radius 2 is 1.20 bits per heavy atom. The molecule has 0 saturated heterocycles. The number of para-hydroxylation sites is 1. The van der Waals surface area contributed by atoms with Crippen LogP contribution in [0, 0.1) is 6.92 Å². The van der Waals surface area contributed by atoms with Gasteiger partial charge in [0.1, 0.15) is 5.75 Å². The first-order chi connectivity index (χ1) is 7.33. The van der Waals surface area contributed by atoms with Gasteiger partial charge in [-0.1, -0.05) is 54.1 Å². The van der Waals surface area contributed by atoms with E-state index in [2.05, 4.69) is 19.1 Å². The Kier molecular flexibility index (Phi) is 5.02. The molecule has 0 atom stereocenters. The molecule has 2 rings (SSSR count). The first-order valence-corrected chi connectivity index (χ1v) is 4.93. The van der Waals surface area contributed by atoms with Crippen molar-refractivity contribution in [3.8, 4) is 5.75 Å². The van der Waals surface area contributed by atoms with Gasteiger partial charge in [0.15, 0.2) is 0 Å². The highest BCUT2D eigenvalue weighted by molar-refractivity contribution is 5.20. The van der Waals surface area contributed by atoms with Crippen LogP contribution in [0.3, 0.4) is 0 Å². The molecule has 0 N–H and O–H groups in total. The van der Waals surface area contributed by atoms with E-state index in [9.17, 15) is 0 Å². The third kappa shape index (κ3) is 4.87. The predicted molar refractivity (Wildman–Crippen MR) is 64.2 cm³/mol. The Balaban J connectivity index is 0.000000151. The van der Waals surface area contributed by atoms with Crippen LogP contribution >= 0.6 is 0 Å². The summed E-state index contributed by atoms with van der Waals surface area (Å²) in [6.07, 6.45) is 0. The largest absolute Gasteiger partial charge is 0.497 e. The van der Waals surface area contributed by atoms with Crippen LogP contribution in [0.4, 0.5) is 0 Å². The quantitative estimate of drug-likeness (QED) is 0.682. The van der Waals surface area contributed by atoms with E-state index < -0.39 is 0 Å². The fraction of sp³-hybridized carbons (Fsp3) is 0.143. The van der Waals surface area contributed by atoms with Gasteiger partial charge < -0.3 is 4.74 Å². The number of methoxy groups -OCH3 is 1. The summed E-state index contributed by atoms with van der Waals surface area (Å²) in [7, 11) is 1.66. The third-order valence-electron chi connectivity index (χ3n) is 1.92. The van der Waals surface area contributed by atoms with Crippen LogP contribution < -0.4 is 4.74 Å². The smallest absolute Gasteiger partial charge is 0.118 e. The second-order valence-corrected chi connectivity index (χ2v) is 3.17. The highest BCUT2D eigenvalue weighted by Crippen LogP contribution is 2.05. The second kappa shape index (κ2) is 6.66. The lowest BCUT2D eigenvalue weighted by Crippen LogP contribution is -1.78. The summed E-state index contributed by atoms with van der Waals surface area (Å²) < 4.78 is 4.91. The average molecular weight is 200 g/mol. The van der Waals surface area contributed by atoms with E-state index in [0.29, 0.717) is 0 Å². The van der Waals surface area contributed by atoms with Gasteiger partial charge in [-0.25, -0.2) is 0 Å². The van der Waals surface area contributed by atoms with Crippen molar-refractivity contribution >= 4 is 0 Å². The van der Waals surface area contributed by atoms with Gasteiger partial charge >= 0.3 is 0 Å². The molecule has 0 radical (unpaired) electrons. The molecule has 0 saturated carbocycles. The molecule has 78 valence electrons. The SMILES string of the molecule is COc1ccccc1.Cc1ccccc1. The van der Waals surface area contributed by atoms with Crippen LogP contribution in [0.5, 0.6) is 5.75 Å². The van der Waals surface area contributed by atoms with Gasteiger partial charge in [-0.05, 0) is 19.1 Å². The van der Waals surface area contributed by atoms with E-state index in [1.807, 2.05) is 48.5 Å². The lowest BCUT2D eigenvalue weighted by molar-refractivity contribution is 0.415. The van der Waals surface area contributed by atoms with E-state index in [-0.39, 0.29) is 0 Å². The zero-order valence-electron chi connectivity index (χ0n) is 9.18. The Morgan fingerprint density at radius 3 is 1.47 bits per heavy atom. The van der Waals surface area contributed by atoms with Crippen LogP contribution in [0.2, 0.25) is 0 Å². The van der Waals surface area contributed by atoms with E-state index in [0.717, 1.165) is 5.75 Å². The minimum Gasteiger partial charge on any atom is -0.497 e. The van der Waals surface area contributed by atoms with Crippen molar-refractivity contribution in [3.05, 3.63) is 66.2 Å². The summed E-state index contributed by atoms with van der Waals surface area (Å²) in [5.41, 5.74) is 1.32. The second-order valence-electron chi connectivity index (χ2n) is 3.17. The highest BCUT2D eigenvalue weighted by Gasteiger charge is 1.80. The topological polar surface area (TPSA) is 9.23 Å². The van der Waals surface area contributed by atoms with Gasteiger partial charge in [0.05, 0.1) is 7.11 Å². The summed E-state index contributed by atoms with van der Waals surface area (Å²) in [4.78, 5) is 0. The summed E-state index contributed by atoms with van der Waals surface area (Å²) in [5.74, 6) is 0.910. The Bertz CT molecular complexity index is 354. The summed E-state index contributed by atoms with van der Waals surface area (Å²) in [6, 6.07) is 19.9. The first kappa shape index (κ1) is 11.3. The molecule has 0 aliphatic heterocycles. The minimum absolute atomic E-state index is 0.910. The van der Waals surface area contributed by atoms with Crippen LogP contribution in [0.25, 0.3) is 0 Å². The molecular weight excluding hydrogens is 184 g/mol. The molecular formula is C14H16O. The number of aryl methyl sites for hydroxylation is 1. The average Bonchev–Trinajstić information content (AvgIpc) is 2.32. The van der Waals surface area contributed by atoms with E-state index in [4.69, 9.17) is 4.74 Å². The van der Waals surface area contributed by atoms with Gasteiger partial charge in [0.2, 0.25) is 0 Å². The molecule has 15 heavy (non-hydrogen) atoms. The standard InChI is InChI=1S/C7H8O.C7H8/c1-8-7-5-3-2-4-6-7;1-7-5-3-2-4-6-7/h2-6H,1H3;2-6H,1H3. The summed E-state index contributed by atoms with van der Waals surface area (Å²) in [5, 5.41) is 0. The summed E-state index contributed by atoms with van der Waals surface area (Å²) >= 11 is 0. The first-order valence-electron chi connectivity index (χ1n) is 4.93. The van der Waals surface area contributed by atoms with Gasteiger partial charge in [-0.3, -0.25) is 0 Å². The summed E-state index contributed by atoms with van der Waals surface area (Å²) in [6.45, 7) is 2.08.